The first-order chi connectivity index (χ1) is 7.79. The van der Waals surface area contributed by atoms with Gasteiger partial charge in [0.1, 0.15) is 6.29 Å². The van der Waals surface area contributed by atoms with E-state index in [-0.39, 0.29) is 17.6 Å². The molecule has 0 saturated heterocycles. The van der Waals surface area contributed by atoms with Crippen molar-refractivity contribution >= 4 is 12.1 Å². The van der Waals surface area contributed by atoms with Gasteiger partial charge in [0.15, 0.2) is 5.78 Å². The number of rotatable bonds is 7. The lowest BCUT2D eigenvalue weighted by Crippen LogP contribution is -2.14. The molecule has 0 heterocycles. The van der Waals surface area contributed by atoms with Crippen LogP contribution in [-0.2, 0) is 9.59 Å². The van der Waals surface area contributed by atoms with E-state index in [1.54, 1.807) is 6.08 Å². The highest BCUT2D eigenvalue weighted by Crippen LogP contribution is 2.27. The van der Waals surface area contributed by atoms with Crippen molar-refractivity contribution in [3.05, 3.63) is 24.3 Å². The van der Waals surface area contributed by atoms with Crippen molar-refractivity contribution in [1.82, 2.24) is 0 Å². The number of allylic oxidation sites excluding steroid dienone is 4. The Morgan fingerprint density at radius 2 is 2.19 bits per heavy atom. The maximum atomic E-state index is 11.5. The van der Waals surface area contributed by atoms with E-state index < -0.39 is 0 Å². The Bertz CT molecular complexity index is 289. The molecule has 2 heteroatoms. The van der Waals surface area contributed by atoms with Crippen LogP contribution in [0.25, 0.3) is 0 Å². The lowest BCUT2D eigenvalue weighted by Gasteiger charge is -2.12. The topological polar surface area (TPSA) is 34.1 Å². The molecule has 88 valence electrons. The summed E-state index contributed by atoms with van der Waals surface area (Å²) in [4.78, 5) is 21.9. The van der Waals surface area contributed by atoms with Gasteiger partial charge >= 0.3 is 0 Å². The Morgan fingerprint density at radius 1 is 1.38 bits per heavy atom. The fourth-order valence-electron chi connectivity index (χ4n) is 2.01. The van der Waals surface area contributed by atoms with Gasteiger partial charge in [0.05, 0.1) is 0 Å². The molecule has 1 aliphatic carbocycles. The van der Waals surface area contributed by atoms with Crippen LogP contribution in [0.4, 0.5) is 0 Å². The molecule has 2 nitrogen and oxygen atoms in total. The third-order valence-corrected chi connectivity index (χ3v) is 2.99. The van der Waals surface area contributed by atoms with Crippen molar-refractivity contribution in [2.24, 2.45) is 11.8 Å². The molecule has 0 radical (unpaired) electrons. The minimum absolute atomic E-state index is 0.00285. The lowest BCUT2D eigenvalue weighted by atomic mass is 9.90. The van der Waals surface area contributed by atoms with E-state index in [4.69, 9.17) is 0 Å². The third-order valence-electron chi connectivity index (χ3n) is 2.99. The van der Waals surface area contributed by atoms with Gasteiger partial charge in [-0.05, 0) is 18.9 Å². The van der Waals surface area contributed by atoms with E-state index in [2.05, 4.69) is 19.1 Å². The van der Waals surface area contributed by atoms with Gasteiger partial charge in [0.25, 0.3) is 0 Å². The van der Waals surface area contributed by atoms with Gasteiger partial charge in [-0.25, -0.2) is 0 Å². The van der Waals surface area contributed by atoms with Crippen molar-refractivity contribution in [3.8, 4) is 0 Å². The Kier molecular flexibility index (Phi) is 5.76. The minimum Gasteiger partial charge on any atom is -0.303 e. The summed E-state index contributed by atoms with van der Waals surface area (Å²) in [7, 11) is 0. The Balaban J connectivity index is 2.44. The molecule has 0 fully saturated rings. The average molecular weight is 220 g/mol. The van der Waals surface area contributed by atoms with Crippen LogP contribution in [0.5, 0.6) is 0 Å². The Labute approximate surface area is 97.4 Å². The van der Waals surface area contributed by atoms with E-state index >= 15 is 0 Å². The SMILES string of the molecule is CCCC/C=C/C1C=CC(=O)C1CCC=O. The van der Waals surface area contributed by atoms with Crippen LogP contribution >= 0.6 is 0 Å². The van der Waals surface area contributed by atoms with Crippen LogP contribution in [0.2, 0.25) is 0 Å². The summed E-state index contributed by atoms with van der Waals surface area (Å²) in [5.41, 5.74) is 0. The van der Waals surface area contributed by atoms with Crippen LogP contribution in [0.3, 0.4) is 0 Å². The molecule has 1 rings (SSSR count). The predicted molar refractivity (Wildman–Crippen MR) is 65.1 cm³/mol. The van der Waals surface area contributed by atoms with Crippen LogP contribution in [0.15, 0.2) is 24.3 Å². The molecule has 0 aliphatic heterocycles. The number of aldehydes is 1. The number of carbonyl (C=O) groups excluding carboxylic acids is 2. The lowest BCUT2D eigenvalue weighted by molar-refractivity contribution is -0.118. The molecular formula is C14H20O2. The summed E-state index contributed by atoms with van der Waals surface area (Å²) in [5, 5.41) is 0. The van der Waals surface area contributed by atoms with Gasteiger partial charge in [0.2, 0.25) is 0 Å². The first-order valence-electron chi connectivity index (χ1n) is 6.12. The molecule has 0 aromatic heterocycles. The summed E-state index contributed by atoms with van der Waals surface area (Å²) >= 11 is 0. The second-order valence-corrected chi connectivity index (χ2v) is 4.26. The van der Waals surface area contributed by atoms with Crippen LogP contribution in [-0.4, -0.2) is 12.1 Å². The summed E-state index contributed by atoms with van der Waals surface area (Å²) in [6, 6.07) is 0. The molecule has 1 aliphatic rings. The summed E-state index contributed by atoms with van der Waals surface area (Å²) in [6.07, 6.45) is 13.4. The molecule has 0 spiro atoms. The maximum Gasteiger partial charge on any atom is 0.159 e. The van der Waals surface area contributed by atoms with Gasteiger partial charge in [0, 0.05) is 18.3 Å². The van der Waals surface area contributed by atoms with Crippen molar-refractivity contribution < 1.29 is 9.59 Å². The molecular weight excluding hydrogens is 200 g/mol. The highest BCUT2D eigenvalue weighted by molar-refractivity contribution is 5.94. The molecule has 16 heavy (non-hydrogen) atoms. The van der Waals surface area contributed by atoms with Gasteiger partial charge in [-0.3, -0.25) is 4.79 Å². The van der Waals surface area contributed by atoms with Crippen molar-refractivity contribution in [3.63, 3.8) is 0 Å². The first-order valence-corrected chi connectivity index (χ1v) is 6.12. The summed E-state index contributed by atoms with van der Waals surface area (Å²) in [5.74, 6) is 0.388. The van der Waals surface area contributed by atoms with Gasteiger partial charge in [-0.15, -0.1) is 0 Å². The Morgan fingerprint density at radius 3 is 2.88 bits per heavy atom. The van der Waals surface area contributed by atoms with Gasteiger partial charge in [-0.2, -0.15) is 0 Å². The monoisotopic (exact) mass is 220 g/mol. The molecule has 0 N–H and O–H groups in total. The van der Waals surface area contributed by atoms with E-state index in [0.717, 1.165) is 12.7 Å². The maximum absolute atomic E-state index is 11.5. The largest absolute Gasteiger partial charge is 0.303 e. The first kappa shape index (κ1) is 12.9. The fraction of sp³-hybridized carbons (Fsp3) is 0.571. The molecule has 0 aromatic carbocycles. The summed E-state index contributed by atoms with van der Waals surface area (Å²) in [6.45, 7) is 2.17. The van der Waals surface area contributed by atoms with Crippen molar-refractivity contribution in [2.75, 3.05) is 0 Å². The highest BCUT2D eigenvalue weighted by Gasteiger charge is 2.27. The average Bonchev–Trinajstić information content (AvgIpc) is 2.63. The molecule has 2 unspecified atom stereocenters. The van der Waals surface area contributed by atoms with Crippen molar-refractivity contribution in [1.29, 1.82) is 0 Å². The van der Waals surface area contributed by atoms with Gasteiger partial charge in [-0.1, -0.05) is 38.0 Å². The normalized spacial score (nSPS) is 24.4. The smallest absolute Gasteiger partial charge is 0.159 e. The molecule has 0 saturated carbocycles. The minimum atomic E-state index is 0.00285. The molecule has 2 atom stereocenters. The molecule has 0 amide bonds. The second kappa shape index (κ2) is 7.15. The second-order valence-electron chi connectivity index (χ2n) is 4.26. The number of hydrogen-bond acceptors (Lipinski definition) is 2. The quantitative estimate of drug-likeness (QED) is 0.375. The van der Waals surface area contributed by atoms with E-state index in [9.17, 15) is 9.59 Å². The number of carbonyl (C=O) groups is 2. The number of hydrogen-bond donors (Lipinski definition) is 0. The predicted octanol–water partition coefficient (Wildman–Crippen LogP) is 3.08. The number of unbranched alkanes of at least 4 members (excludes halogenated alkanes) is 2. The standard InChI is InChI=1S/C14H20O2/c1-2-3-4-5-7-12-9-10-14(16)13(12)8-6-11-15/h5,7,9-13H,2-4,6,8H2,1H3/b7-5+. The van der Waals surface area contributed by atoms with E-state index in [1.807, 2.05) is 6.08 Å². The van der Waals surface area contributed by atoms with Crippen molar-refractivity contribution in [2.45, 2.75) is 39.0 Å². The zero-order chi connectivity index (χ0) is 11.8. The van der Waals surface area contributed by atoms with E-state index in [0.29, 0.717) is 12.8 Å². The van der Waals surface area contributed by atoms with Crippen LogP contribution < -0.4 is 0 Å². The van der Waals surface area contributed by atoms with Gasteiger partial charge < -0.3 is 4.79 Å². The zero-order valence-corrected chi connectivity index (χ0v) is 9.89. The van der Waals surface area contributed by atoms with Crippen LogP contribution in [0.1, 0.15) is 39.0 Å². The fourth-order valence-corrected chi connectivity index (χ4v) is 2.01. The number of ketones is 1. The van der Waals surface area contributed by atoms with E-state index in [1.165, 1.54) is 12.8 Å². The Hall–Kier alpha value is -1.18. The highest BCUT2D eigenvalue weighted by atomic mass is 16.1. The molecule has 0 aromatic rings. The van der Waals surface area contributed by atoms with Crippen LogP contribution in [0, 0.1) is 11.8 Å². The third kappa shape index (κ3) is 3.76. The summed E-state index contributed by atoms with van der Waals surface area (Å²) < 4.78 is 0. The zero-order valence-electron chi connectivity index (χ0n) is 9.89. The molecule has 0 bridgehead atoms.